The Balaban J connectivity index is 1.67. The molecular formula is C11H16N4OS. The molecule has 0 amide bonds. The molecule has 0 aliphatic heterocycles. The maximum Gasteiger partial charge on any atom is 0.137 e. The van der Waals surface area contributed by atoms with Crippen molar-refractivity contribution >= 4 is 11.8 Å². The average Bonchev–Trinajstić information content (AvgIpc) is 2.96. The number of furan rings is 1. The van der Waals surface area contributed by atoms with Gasteiger partial charge in [0.1, 0.15) is 23.7 Å². The smallest absolute Gasteiger partial charge is 0.137 e. The third-order valence-corrected chi connectivity index (χ3v) is 2.88. The lowest BCUT2D eigenvalue weighted by Gasteiger charge is -2.00. The monoisotopic (exact) mass is 252 g/mol. The molecule has 0 aromatic carbocycles. The molecule has 0 saturated carbocycles. The highest BCUT2D eigenvalue weighted by atomic mass is 32.2. The Labute approximate surface area is 104 Å². The largest absolute Gasteiger partial charge is 0.464 e. The molecule has 17 heavy (non-hydrogen) atoms. The molecular weight excluding hydrogens is 236 g/mol. The van der Waals surface area contributed by atoms with Crippen molar-refractivity contribution in [2.45, 2.75) is 18.7 Å². The molecule has 0 fully saturated rings. The Morgan fingerprint density at radius 3 is 3.06 bits per heavy atom. The minimum atomic E-state index is 0.752. The van der Waals surface area contributed by atoms with E-state index in [1.54, 1.807) is 11.8 Å². The average molecular weight is 252 g/mol. The maximum atomic E-state index is 5.64. The summed E-state index contributed by atoms with van der Waals surface area (Å²) >= 11 is 1.76. The first-order chi connectivity index (χ1) is 8.38. The molecule has 5 nitrogen and oxygen atoms in total. The Hall–Kier alpha value is -1.27. The van der Waals surface area contributed by atoms with Crippen molar-refractivity contribution in [1.82, 2.24) is 20.5 Å². The van der Waals surface area contributed by atoms with Crippen LogP contribution in [-0.4, -0.2) is 28.0 Å². The molecule has 2 aromatic rings. The van der Waals surface area contributed by atoms with Crippen LogP contribution in [0.3, 0.4) is 0 Å². The van der Waals surface area contributed by atoms with Crippen LogP contribution in [0, 0.1) is 0 Å². The summed E-state index contributed by atoms with van der Waals surface area (Å²) in [6, 6.07) is 4.05. The van der Waals surface area contributed by atoms with Gasteiger partial charge in [-0.25, -0.2) is 4.98 Å². The van der Waals surface area contributed by atoms with E-state index < -0.39 is 0 Å². The van der Waals surface area contributed by atoms with Crippen molar-refractivity contribution in [2.24, 2.45) is 0 Å². The molecule has 0 bridgehead atoms. The van der Waals surface area contributed by atoms with Gasteiger partial charge in [-0.1, -0.05) is 0 Å². The van der Waals surface area contributed by atoms with Gasteiger partial charge < -0.3 is 9.73 Å². The summed E-state index contributed by atoms with van der Waals surface area (Å²) in [5.41, 5.74) is 0. The van der Waals surface area contributed by atoms with Crippen LogP contribution < -0.4 is 5.32 Å². The standard InChI is InChI=1S/C11H16N4OS/c1-17-7-10-3-2-9(16-10)6-12-5-4-11-13-8-14-15-11/h2-3,8,12H,4-7H2,1H3,(H,13,14,15). The summed E-state index contributed by atoms with van der Waals surface area (Å²) in [4.78, 5) is 4.06. The molecule has 92 valence electrons. The summed E-state index contributed by atoms with van der Waals surface area (Å²) in [5, 5.41) is 9.93. The van der Waals surface area contributed by atoms with Crippen molar-refractivity contribution in [3.8, 4) is 0 Å². The summed E-state index contributed by atoms with van der Waals surface area (Å²) in [6.45, 7) is 1.61. The summed E-state index contributed by atoms with van der Waals surface area (Å²) < 4.78 is 5.64. The first-order valence-electron chi connectivity index (χ1n) is 5.50. The highest BCUT2D eigenvalue weighted by molar-refractivity contribution is 7.97. The van der Waals surface area contributed by atoms with Crippen molar-refractivity contribution in [1.29, 1.82) is 0 Å². The minimum Gasteiger partial charge on any atom is -0.464 e. The summed E-state index contributed by atoms with van der Waals surface area (Å²) in [5.74, 6) is 3.84. The Kier molecular flexibility index (Phi) is 4.63. The maximum absolute atomic E-state index is 5.64. The van der Waals surface area contributed by atoms with E-state index in [1.807, 2.05) is 12.1 Å². The highest BCUT2D eigenvalue weighted by Crippen LogP contribution is 2.13. The van der Waals surface area contributed by atoms with E-state index in [0.29, 0.717) is 0 Å². The third kappa shape index (κ3) is 3.90. The zero-order valence-corrected chi connectivity index (χ0v) is 10.6. The van der Waals surface area contributed by atoms with Crippen molar-refractivity contribution in [3.05, 3.63) is 35.8 Å². The van der Waals surface area contributed by atoms with Gasteiger partial charge in [0.2, 0.25) is 0 Å². The van der Waals surface area contributed by atoms with Gasteiger partial charge in [0.25, 0.3) is 0 Å². The van der Waals surface area contributed by atoms with Gasteiger partial charge in [-0.15, -0.1) is 0 Å². The summed E-state index contributed by atoms with van der Waals surface area (Å²) in [7, 11) is 0. The lowest BCUT2D eigenvalue weighted by atomic mass is 10.4. The van der Waals surface area contributed by atoms with E-state index >= 15 is 0 Å². The van der Waals surface area contributed by atoms with Gasteiger partial charge in [0.05, 0.1) is 12.3 Å². The van der Waals surface area contributed by atoms with Crippen LogP contribution in [0.1, 0.15) is 17.3 Å². The Bertz CT molecular complexity index is 426. The van der Waals surface area contributed by atoms with Gasteiger partial charge in [-0.2, -0.15) is 16.9 Å². The molecule has 0 unspecified atom stereocenters. The van der Waals surface area contributed by atoms with E-state index in [9.17, 15) is 0 Å². The van der Waals surface area contributed by atoms with Gasteiger partial charge in [0, 0.05) is 13.0 Å². The lowest BCUT2D eigenvalue weighted by molar-refractivity contribution is 0.460. The minimum absolute atomic E-state index is 0.752. The lowest BCUT2D eigenvalue weighted by Crippen LogP contribution is -2.16. The van der Waals surface area contributed by atoms with Crippen LogP contribution in [0.5, 0.6) is 0 Å². The zero-order valence-electron chi connectivity index (χ0n) is 9.77. The molecule has 0 atom stereocenters. The first-order valence-corrected chi connectivity index (χ1v) is 6.89. The predicted octanol–water partition coefficient (Wildman–Crippen LogP) is 1.59. The molecule has 0 aliphatic carbocycles. The predicted molar refractivity (Wildman–Crippen MR) is 67.7 cm³/mol. The Morgan fingerprint density at radius 2 is 2.29 bits per heavy atom. The van der Waals surface area contributed by atoms with E-state index in [1.165, 1.54) is 6.33 Å². The van der Waals surface area contributed by atoms with Crippen LogP contribution in [0.25, 0.3) is 0 Å². The number of hydrogen-bond acceptors (Lipinski definition) is 5. The molecule has 0 aliphatic rings. The van der Waals surface area contributed by atoms with Gasteiger partial charge in [-0.3, -0.25) is 5.10 Å². The number of rotatable bonds is 7. The zero-order chi connectivity index (χ0) is 11.9. The fraction of sp³-hybridized carbons (Fsp3) is 0.455. The number of thioether (sulfide) groups is 1. The number of H-pyrrole nitrogens is 1. The van der Waals surface area contributed by atoms with E-state index in [2.05, 4.69) is 26.8 Å². The van der Waals surface area contributed by atoms with Crippen molar-refractivity contribution < 1.29 is 4.42 Å². The fourth-order valence-corrected chi connectivity index (χ4v) is 1.95. The second-order valence-electron chi connectivity index (χ2n) is 3.66. The summed E-state index contributed by atoms with van der Waals surface area (Å²) in [6.07, 6.45) is 4.44. The molecule has 0 saturated heterocycles. The molecule has 2 heterocycles. The number of aromatic amines is 1. The van der Waals surface area contributed by atoms with E-state index in [0.717, 1.165) is 42.6 Å². The van der Waals surface area contributed by atoms with Crippen molar-refractivity contribution in [3.63, 3.8) is 0 Å². The topological polar surface area (TPSA) is 66.7 Å². The number of hydrogen-bond donors (Lipinski definition) is 2. The van der Waals surface area contributed by atoms with Crippen LogP contribution in [0.15, 0.2) is 22.9 Å². The number of aromatic nitrogens is 3. The van der Waals surface area contributed by atoms with Gasteiger partial charge in [0.15, 0.2) is 0 Å². The molecule has 2 N–H and O–H groups in total. The van der Waals surface area contributed by atoms with Crippen molar-refractivity contribution in [2.75, 3.05) is 12.8 Å². The molecule has 2 aromatic heterocycles. The third-order valence-electron chi connectivity index (χ3n) is 2.31. The van der Waals surface area contributed by atoms with Gasteiger partial charge >= 0.3 is 0 Å². The number of nitrogens with zero attached hydrogens (tertiary/aromatic N) is 2. The van der Waals surface area contributed by atoms with Gasteiger partial charge in [-0.05, 0) is 18.4 Å². The Morgan fingerprint density at radius 1 is 1.41 bits per heavy atom. The van der Waals surface area contributed by atoms with E-state index in [4.69, 9.17) is 4.42 Å². The van der Waals surface area contributed by atoms with Crippen LogP contribution in [0.4, 0.5) is 0 Å². The second kappa shape index (κ2) is 6.46. The highest BCUT2D eigenvalue weighted by Gasteiger charge is 2.01. The van der Waals surface area contributed by atoms with Crippen LogP contribution in [-0.2, 0) is 18.7 Å². The quantitative estimate of drug-likeness (QED) is 0.733. The van der Waals surface area contributed by atoms with Crippen LogP contribution >= 0.6 is 11.8 Å². The molecule has 6 heteroatoms. The molecule has 0 spiro atoms. The molecule has 0 radical (unpaired) electrons. The number of nitrogens with one attached hydrogen (secondary N) is 2. The molecule has 2 rings (SSSR count). The normalized spacial score (nSPS) is 10.9. The fourth-order valence-electron chi connectivity index (χ4n) is 1.51. The van der Waals surface area contributed by atoms with E-state index in [-0.39, 0.29) is 0 Å². The second-order valence-corrected chi connectivity index (χ2v) is 4.53. The van der Waals surface area contributed by atoms with Crippen LogP contribution in [0.2, 0.25) is 0 Å². The SMILES string of the molecule is CSCc1ccc(CNCCc2ncn[nH]2)o1. The first kappa shape index (κ1) is 12.2.